The number of amides is 1. The van der Waals surface area contributed by atoms with E-state index in [2.05, 4.69) is 26.1 Å². The summed E-state index contributed by atoms with van der Waals surface area (Å²) in [5, 5.41) is 13.1. The number of carbonyl (C=O) groups is 1. The third kappa shape index (κ3) is 6.04. The highest BCUT2D eigenvalue weighted by molar-refractivity contribution is 9.10. The van der Waals surface area contributed by atoms with Crippen LogP contribution in [-0.4, -0.2) is 61.4 Å². The predicted octanol–water partition coefficient (Wildman–Crippen LogP) is 2.38. The number of β-amino-alcohol motifs (C(OH)–C–C–N with tert-alkyl or cyclic N) is 1. The highest BCUT2D eigenvalue weighted by Gasteiger charge is 2.24. The molecule has 0 aliphatic carbocycles. The van der Waals surface area contributed by atoms with Crippen molar-refractivity contribution in [1.29, 1.82) is 0 Å². The summed E-state index contributed by atoms with van der Waals surface area (Å²) in [5.41, 5.74) is 0.749. The molecule has 1 aliphatic rings. The number of para-hydroxylation sites is 1. The van der Waals surface area contributed by atoms with E-state index in [-0.39, 0.29) is 12.5 Å². The van der Waals surface area contributed by atoms with E-state index in [1.54, 1.807) is 6.07 Å². The number of carbonyl (C=O) groups excluding carboxylic acids is 1. The lowest BCUT2D eigenvalue weighted by Crippen LogP contribution is -2.45. The number of hydrogen-bond acceptors (Lipinski definition) is 5. The zero-order valence-electron chi connectivity index (χ0n) is 15.6. The van der Waals surface area contributed by atoms with Gasteiger partial charge in [0.15, 0.2) is 0 Å². The summed E-state index contributed by atoms with van der Waals surface area (Å²) in [7, 11) is 0. The number of ether oxygens (including phenoxy) is 2. The van der Waals surface area contributed by atoms with Crippen LogP contribution < -0.4 is 10.1 Å². The molecule has 1 fully saturated rings. The Balaban J connectivity index is 1.62. The lowest BCUT2D eigenvalue weighted by molar-refractivity contribution is -0.128. The smallest absolute Gasteiger partial charge is 0.265 e. The molecule has 1 amide bonds. The largest absolute Gasteiger partial charge is 0.475 e. The second kappa shape index (κ2) is 10.6. The highest BCUT2D eigenvalue weighted by Crippen LogP contribution is 2.29. The summed E-state index contributed by atoms with van der Waals surface area (Å²) >= 11 is 3.45. The number of rotatable bonds is 8. The van der Waals surface area contributed by atoms with Crippen molar-refractivity contribution in [3.8, 4) is 5.75 Å². The molecule has 1 aliphatic heterocycles. The van der Waals surface area contributed by atoms with Crippen molar-refractivity contribution in [3.05, 3.63) is 64.6 Å². The van der Waals surface area contributed by atoms with Crippen molar-refractivity contribution in [2.75, 3.05) is 39.4 Å². The fraction of sp³-hybridized carbons (Fsp3) is 0.381. The minimum Gasteiger partial charge on any atom is -0.475 e. The first-order chi connectivity index (χ1) is 13.6. The second-order valence-electron chi connectivity index (χ2n) is 6.65. The van der Waals surface area contributed by atoms with E-state index in [1.165, 1.54) is 0 Å². The van der Waals surface area contributed by atoms with Crippen LogP contribution in [0.3, 0.4) is 0 Å². The number of benzene rings is 2. The number of morpholine rings is 1. The van der Waals surface area contributed by atoms with Gasteiger partial charge in [-0.25, -0.2) is 0 Å². The Hall–Kier alpha value is -1.93. The number of hydrogen-bond donors (Lipinski definition) is 2. The van der Waals surface area contributed by atoms with Gasteiger partial charge in [0.05, 0.1) is 23.8 Å². The molecule has 1 saturated heterocycles. The van der Waals surface area contributed by atoms with Crippen LogP contribution >= 0.6 is 15.9 Å². The first-order valence-electron chi connectivity index (χ1n) is 9.35. The summed E-state index contributed by atoms with van der Waals surface area (Å²) in [6, 6.07) is 16.7. The molecule has 2 unspecified atom stereocenters. The van der Waals surface area contributed by atoms with Gasteiger partial charge in [-0.1, -0.05) is 42.5 Å². The molecular formula is C21H25BrN2O4. The molecule has 2 aromatic rings. The minimum atomic E-state index is -0.810. The SMILES string of the molecule is O=C(NCC(O)CN1CCOCC1)C(Oc1ccccc1Br)c1ccccc1. The van der Waals surface area contributed by atoms with Crippen LogP contribution in [0.15, 0.2) is 59.1 Å². The molecule has 2 aromatic carbocycles. The van der Waals surface area contributed by atoms with Crippen LogP contribution in [0.25, 0.3) is 0 Å². The van der Waals surface area contributed by atoms with Gasteiger partial charge in [0, 0.05) is 31.7 Å². The van der Waals surface area contributed by atoms with E-state index < -0.39 is 12.2 Å². The van der Waals surface area contributed by atoms with Gasteiger partial charge >= 0.3 is 0 Å². The van der Waals surface area contributed by atoms with Crippen molar-refractivity contribution >= 4 is 21.8 Å². The maximum Gasteiger partial charge on any atom is 0.265 e. The zero-order chi connectivity index (χ0) is 19.8. The number of nitrogens with zero attached hydrogens (tertiary/aromatic N) is 1. The number of halogens is 1. The molecule has 1 heterocycles. The molecule has 3 rings (SSSR count). The van der Waals surface area contributed by atoms with Crippen molar-refractivity contribution in [2.24, 2.45) is 0 Å². The zero-order valence-corrected chi connectivity index (χ0v) is 17.2. The minimum absolute atomic E-state index is 0.166. The Bertz CT molecular complexity index is 753. The summed E-state index contributed by atoms with van der Waals surface area (Å²) in [5.74, 6) is 0.295. The predicted molar refractivity (Wildman–Crippen MR) is 110 cm³/mol. The van der Waals surface area contributed by atoms with Crippen LogP contribution in [0.4, 0.5) is 0 Å². The van der Waals surface area contributed by atoms with Crippen LogP contribution in [0.1, 0.15) is 11.7 Å². The van der Waals surface area contributed by atoms with Crippen LogP contribution in [0.5, 0.6) is 5.75 Å². The number of aliphatic hydroxyl groups is 1. The average Bonchev–Trinajstić information content (AvgIpc) is 2.73. The van der Waals surface area contributed by atoms with E-state index in [4.69, 9.17) is 9.47 Å². The van der Waals surface area contributed by atoms with Gasteiger partial charge in [0.25, 0.3) is 5.91 Å². The van der Waals surface area contributed by atoms with Crippen molar-refractivity contribution in [1.82, 2.24) is 10.2 Å². The molecule has 2 atom stereocenters. The molecular weight excluding hydrogens is 424 g/mol. The standard InChI is InChI=1S/C21H25BrN2O4/c22-18-8-4-5-9-19(18)28-20(16-6-2-1-3-7-16)21(26)23-14-17(25)15-24-10-12-27-13-11-24/h1-9,17,20,25H,10-15H2,(H,23,26). The molecule has 0 spiro atoms. The third-order valence-electron chi connectivity index (χ3n) is 4.51. The molecule has 0 radical (unpaired) electrons. The first-order valence-corrected chi connectivity index (χ1v) is 10.1. The molecule has 0 bridgehead atoms. The Labute approximate surface area is 173 Å². The summed E-state index contributed by atoms with van der Waals surface area (Å²) in [6.07, 6.45) is -1.46. The maximum atomic E-state index is 12.9. The van der Waals surface area contributed by atoms with Gasteiger partial charge in [-0.05, 0) is 28.1 Å². The van der Waals surface area contributed by atoms with E-state index >= 15 is 0 Å². The summed E-state index contributed by atoms with van der Waals surface area (Å²) < 4.78 is 12.1. The highest BCUT2D eigenvalue weighted by atomic mass is 79.9. The fourth-order valence-corrected chi connectivity index (χ4v) is 3.40. The van der Waals surface area contributed by atoms with Gasteiger partial charge in [0.2, 0.25) is 6.10 Å². The average molecular weight is 449 g/mol. The van der Waals surface area contributed by atoms with Gasteiger partial charge in [-0.15, -0.1) is 0 Å². The van der Waals surface area contributed by atoms with E-state index in [1.807, 2.05) is 48.5 Å². The topological polar surface area (TPSA) is 71.0 Å². The van der Waals surface area contributed by atoms with Crippen molar-refractivity contribution < 1.29 is 19.4 Å². The Morgan fingerprint density at radius 2 is 1.82 bits per heavy atom. The molecule has 2 N–H and O–H groups in total. The number of nitrogens with one attached hydrogen (secondary N) is 1. The second-order valence-corrected chi connectivity index (χ2v) is 7.51. The molecule has 7 heteroatoms. The monoisotopic (exact) mass is 448 g/mol. The van der Waals surface area contributed by atoms with Gasteiger partial charge in [-0.2, -0.15) is 0 Å². The summed E-state index contributed by atoms with van der Waals surface area (Å²) in [6.45, 7) is 3.61. The Kier molecular flexibility index (Phi) is 7.85. The fourth-order valence-electron chi connectivity index (χ4n) is 3.03. The van der Waals surface area contributed by atoms with Crippen molar-refractivity contribution in [2.45, 2.75) is 12.2 Å². The maximum absolute atomic E-state index is 12.9. The molecule has 0 saturated carbocycles. The van der Waals surface area contributed by atoms with Crippen LogP contribution in [0, 0.1) is 0 Å². The van der Waals surface area contributed by atoms with E-state index in [0.717, 1.165) is 23.1 Å². The number of aliphatic hydroxyl groups excluding tert-OH is 1. The Morgan fingerprint density at radius 1 is 1.14 bits per heavy atom. The van der Waals surface area contributed by atoms with E-state index in [0.29, 0.717) is 25.5 Å². The lowest BCUT2D eigenvalue weighted by Gasteiger charge is -2.28. The third-order valence-corrected chi connectivity index (χ3v) is 5.16. The molecule has 0 aromatic heterocycles. The quantitative estimate of drug-likeness (QED) is 0.648. The molecule has 28 heavy (non-hydrogen) atoms. The first kappa shape index (κ1) is 20.8. The van der Waals surface area contributed by atoms with Gasteiger partial charge < -0.3 is 19.9 Å². The molecule has 6 nitrogen and oxygen atoms in total. The molecule has 150 valence electrons. The van der Waals surface area contributed by atoms with Gasteiger partial charge in [0.1, 0.15) is 5.75 Å². The van der Waals surface area contributed by atoms with E-state index in [9.17, 15) is 9.90 Å². The Morgan fingerprint density at radius 3 is 2.54 bits per heavy atom. The lowest BCUT2D eigenvalue weighted by atomic mass is 10.1. The summed E-state index contributed by atoms with van der Waals surface area (Å²) in [4.78, 5) is 15.0. The van der Waals surface area contributed by atoms with Crippen LogP contribution in [-0.2, 0) is 9.53 Å². The van der Waals surface area contributed by atoms with Gasteiger partial charge in [-0.3, -0.25) is 9.69 Å². The van der Waals surface area contributed by atoms with Crippen molar-refractivity contribution in [3.63, 3.8) is 0 Å². The van der Waals surface area contributed by atoms with Crippen LogP contribution in [0.2, 0.25) is 0 Å². The normalized spacial score (nSPS) is 16.9.